The Hall–Kier alpha value is -2.99. The molecule has 1 amide bonds. The molecule has 2 aromatic heterocycles. The minimum absolute atomic E-state index is 0.133. The van der Waals surface area contributed by atoms with E-state index in [1.165, 1.54) is 4.68 Å². The number of thioether (sulfide) groups is 1. The van der Waals surface area contributed by atoms with E-state index in [0.717, 1.165) is 21.8 Å². The van der Waals surface area contributed by atoms with E-state index in [4.69, 9.17) is 15.0 Å². The number of hydrogen-bond acceptors (Lipinski definition) is 9. The van der Waals surface area contributed by atoms with Crippen molar-refractivity contribution in [3.63, 3.8) is 0 Å². The molecule has 1 aromatic carbocycles. The summed E-state index contributed by atoms with van der Waals surface area (Å²) >= 11 is 4.56. The highest BCUT2D eigenvalue weighted by molar-refractivity contribution is 9.10. The summed E-state index contributed by atoms with van der Waals surface area (Å²) in [7, 11) is 1.58. The summed E-state index contributed by atoms with van der Waals surface area (Å²) in [5, 5.41) is 15.1. The van der Waals surface area contributed by atoms with Crippen LogP contribution in [0.1, 0.15) is 11.3 Å². The lowest BCUT2D eigenvalue weighted by Crippen LogP contribution is -2.24. The molecule has 0 saturated heterocycles. The summed E-state index contributed by atoms with van der Waals surface area (Å²) in [4.78, 5) is 11.9. The second kappa shape index (κ2) is 9.98. The fourth-order valence-electron chi connectivity index (χ4n) is 2.20. The number of hydrogen-bond donors (Lipinski definition) is 3. The number of nitrogens with two attached hydrogens (primary N) is 1. The molecular formula is C17H18BrN7O3S. The summed E-state index contributed by atoms with van der Waals surface area (Å²) in [5.41, 5.74) is 3.48. The third-order valence-corrected chi connectivity index (χ3v) is 5.03. The fourth-order valence-corrected chi connectivity index (χ4v) is 3.26. The molecule has 0 saturated carbocycles. The van der Waals surface area contributed by atoms with E-state index in [1.54, 1.807) is 31.7 Å². The minimum atomic E-state index is -0.177. The van der Waals surface area contributed by atoms with Crippen molar-refractivity contribution in [2.75, 3.05) is 24.1 Å². The molecule has 0 unspecified atom stereocenters. The zero-order valence-corrected chi connectivity index (χ0v) is 17.7. The van der Waals surface area contributed by atoms with Gasteiger partial charge in [-0.15, -0.1) is 10.2 Å². The molecule has 0 bridgehead atoms. The molecule has 0 radical (unpaired) electrons. The number of nitrogens with one attached hydrogen (secondary N) is 2. The average molecular weight is 480 g/mol. The second-order valence-electron chi connectivity index (χ2n) is 5.58. The van der Waals surface area contributed by atoms with Gasteiger partial charge in [-0.2, -0.15) is 5.10 Å². The summed E-state index contributed by atoms with van der Waals surface area (Å²) in [6, 6.07) is 9.10. The SMILES string of the molecule is COc1ccc(Br)cc1/C=N/Nc1nnc(SCC(=O)NCc2ccco2)n1N. The van der Waals surface area contributed by atoms with Crippen molar-refractivity contribution in [3.05, 3.63) is 52.4 Å². The van der Waals surface area contributed by atoms with Crippen LogP contribution < -0.4 is 21.3 Å². The average Bonchev–Trinajstić information content (AvgIpc) is 3.35. The maximum Gasteiger partial charge on any atom is 0.264 e. The minimum Gasteiger partial charge on any atom is -0.496 e. The molecule has 0 aliphatic rings. The number of carbonyl (C=O) groups excluding carboxylic acids is 1. The predicted molar refractivity (Wildman–Crippen MR) is 113 cm³/mol. The highest BCUT2D eigenvalue weighted by Gasteiger charge is 2.12. The Morgan fingerprint density at radius 3 is 3.07 bits per heavy atom. The van der Waals surface area contributed by atoms with E-state index in [0.29, 0.717) is 23.2 Å². The first-order valence-corrected chi connectivity index (χ1v) is 10.1. The number of carbonyl (C=O) groups is 1. The Labute approximate surface area is 179 Å². The van der Waals surface area contributed by atoms with Gasteiger partial charge in [0.15, 0.2) is 0 Å². The maximum absolute atomic E-state index is 11.9. The van der Waals surface area contributed by atoms with Crippen molar-refractivity contribution >= 4 is 45.8 Å². The number of aromatic nitrogens is 3. The molecule has 10 nitrogen and oxygen atoms in total. The van der Waals surface area contributed by atoms with Crippen LogP contribution in [0.15, 0.2) is 55.7 Å². The highest BCUT2D eigenvalue weighted by Crippen LogP contribution is 2.21. The Kier molecular flexibility index (Phi) is 7.14. The Morgan fingerprint density at radius 1 is 1.45 bits per heavy atom. The normalized spacial score (nSPS) is 11.0. The standard InChI is InChI=1S/C17H18BrN7O3S/c1-27-14-5-4-12(18)7-11(14)8-21-22-16-23-24-17(25(16)19)29-10-15(26)20-9-13-3-2-6-28-13/h2-8H,9-10,19H2,1H3,(H,20,26)(H,22,23)/b21-8+. The Morgan fingerprint density at radius 2 is 2.31 bits per heavy atom. The van der Waals surface area contributed by atoms with E-state index in [2.05, 4.69) is 42.0 Å². The predicted octanol–water partition coefficient (Wildman–Crippen LogP) is 2.21. The molecule has 2 heterocycles. The molecule has 3 rings (SSSR count). The van der Waals surface area contributed by atoms with Crippen LogP contribution >= 0.6 is 27.7 Å². The number of furan rings is 1. The number of anilines is 1. The van der Waals surface area contributed by atoms with Crippen molar-refractivity contribution < 1.29 is 13.9 Å². The molecule has 0 fully saturated rings. The number of nitrogens with zero attached hydrogens (tertiary/aromatic N) is 4. The lowest BCUT2D eigenvalue weighted by Gasteiger charge is -2.05. The number of nitrogen functional groups attached to an aromatic ring is 1. The Bertz CT molecular complexity index is 991. The van der Waals surface area contributed by atoms with Crippen LogP contribution in [0.4, 0.5) is 5.95 Å². The zero-order valence-electron chi connectivity index (χ0n) is 15.3. The lowest BCUT2D eigenvalue weighted by atomic mass is 10.2. The van der Waals surface area contributed by atoms with Crippen LogP contribution in [-0.2, 0) is 11.3 Å². The Balaban J connectivity index is 1.52. The number of amides is 1. The smallest absolute Gasteiger partial charge is 0.264 e. The quantitative estimate of drug-likeness (QED) is 0.184. The topological polar surface area (TPSA) is 133 Å². The molecule has 0 atom stereocenters. The number of hydrazone groups is 1. The van der Waals surface area contributed by atoms with Crippen molar-refractivity contribution in [1.29, 1.82) is 0 Å². The second-order valence-corrected chi connectivity index (χ2v) is 7.44. The van der Waals surface area contributed by atoms with Crippen molar-refractivity contribution in [1.82, 2.24) is 20.2 Å². The molecule has 0 aliphatic carbocycles. The summed E-state index contributed by atoms with van der Waals surface area (Å²) in [6.45, 7) is 0.322. The molecule has 12 heteroatoms. The molecule has 4 N–H and O–H groups in total. The fraction of sp³-hybridized carbons (Fsp3) is 0.176. The molecular weight excluding hydrogens is 462 g/mol. The lowest BCUT2D eigenvalue weighted by molar-refractivity contribution is -0.118. The van der Waals surface area contributed by atoms with E-state index in [-0.39, 0.29) is 17.6 Å². The number of ether oxygens (including phenoxy) is 1. The van der Waals surface area contributed by atoms with Gasteiger partial charge >= 0.3 is 0 Å². The third-order valence-electron chi connectivity index (χ3n) is 3.60. The van der Waals surface area contributed by atoms with Gasteiger partial charge in [0, 0.05) is 10.0 Å². The van der Waals surface area contributed by atoms with E-state index in [1.807, 2.05) is 18.2 Å². The van der Waals surface area contributed by atoms with Crippen molar-refractivity contribution in [2.45, 2.75) is 11.7 Å². The first-order valence-electron chi connectivity index (χ1n) is 8.32. The first kappa shape index (κ1) is 20.7. The van der Waals surface area contributed by atoms with E-state index in [9.17, 15) is 4.79 Å². The van der Waals surface area contributed by atoms with Crippen LogP contribution in [0.2, 0.25) is 0 Å². The zero-order chi connectivity index (χ0) is 20.6. The van der Waals surface area contributed by atoms with Crippen LogP contribution in [0.5, 0.6) is 5.75 Å². The van der Waals surface area contributed by atoms with Gasteiger partial charge in [-0.05, 0) is 30.3 Å². The molecule has 152 valence electrons. The van der Waals surface area contributed by atoms with Crippen LogP contribution in [-0.4, -0.2) is 39.9 Å². The van der Waals surface area contributed by atoms with Gasteiger partial charge in [-0.25, -0.2) is 10.1 Å². The van der Waals surface area contributed by atoms with Gasteiger partial charge in [0.2, 0.25) is 11.1 Å². The first-order chi connectivity index (χ1) is 14.1. The molecule has 3 aromatic rings. The summed E-state index contributed by atoms with van der Waals surface area (Å²) in [5.74, 6) is 7.49. The van der Waals surface area contributed by atoms with E-state index < -0.39 is 0 Å². The molecule has 0 spiro atoms. The van der Waals surface area contributed by atoms with E-state index >= 15 is 0 Å². The van der Waals surface area contributed by atoms with Gasteiger partial charge in [0.25, 0.3) is 5.95 Å². The van der Waals surface area contributed by atoms with Gasteiger partial charge in [0.1, 0.15) is 11.5 Å². The third kappa shape index (κ3) is 5.74. The largest absolute Gasteiger partial charge is 0.496 e. The number of methoxy groups -OCH3 is 1. The van der Waals surface area contributed by atoms with Crippen LogP contribution in [0.3, 0.4) is 0 Å². The van der Waals surface area contributed by atoms with Crippen molar-refractivity contribution in [3.8, 4) is 5.75 Å². The van der Waals surface area contributed by atoms with Crippen LogP contribution in [0, 0.1) is 0 Å². The maximum atomic E-state index is 11.9. The van der Waals surface area contributed by atoms with Gasteiger partial charge in [0.05, 0.1) is 31.9 Å². The highest BCUT2D eigenvalue weighted by atomic mass is 79.9. The number of benzene rings is 1. The van der Waals surface area contributed by atoms with Gasteiger partial charge < -0.3 is 20.3 Å². The van der Waals surface area contributed by atoms with Gasteiger partial charge in [-0.3, -0.25) is 4.79 Å². The molecule has 0 aliphatic heterocycles. The monoisotopic (exact) mass is 479 g/mol. The van der Waals surface area contributed by atoms with Crippen LogP contribution in [0.25, 0.3) is 0 Å². The molecule has 29 heavy (non-hydrogen) atoms. The summed E-state index contributed by atoms with van der Waals surface area (Å²) < 4.78 is 12.6. The van der Waals surface area contributed by atoms with Gasteiger partial charge in [-0.1, -0.05) is 27.7 Å². The number of halogens is 1. The number of rotatable bonds is 9. The summed E-state index contributed by atoms with van der Waals surface area (Å²) in [6.07, 6.45) is 3.13. The van der Waals surface area contributed by atoms with Crippen molar-refractivity contribution in [2.24, 2.45) is 5.10 Å².